The Morgan fingerprint density at radius 1 is 0.276 bits per heavy atom. The van der Waals surface area contributed by atoms with E-state index in [-0.39, 0.29) is 0 Å². The largest absolute Gasteiger partial charge is 0.263 e. The van der Waals surface area contributed by atoms with E-state index in [4.69, 9.17) is 15.0 Å². The average molecular weight is 737 g/mol. The minimum absolute atomic E-state index is 0.897. The Morgan fingerprint density at radius 3 is 1.57 bits per heavy atom. The van der Waals surface area contributed by atoms with Crippen LogP contribution in [0.5, 0.6) is 0 Å². The summed E-state index contributed by atoms with van der Waals surface area (Å²) in [6, 6.07) is 62.5. The average Bonchev–Trinajstić information content (AvgIpc) is 3.30. The van der Waals surface area contributed by atoms with E-state index in [1.54, 1.807) is 0 Å². The van der Waals surface area contributed by atoms with Crippen LogP contribution in [0.4, 0.5) is 0 Å². The van der Waals surface area contributed by atoms with Crippen molar-refractivity contribution in [2.24, 2.45) is 0 Å². The fourth-order valence-electron chi connectivity index (χ4n) is 8.85. The molecule has 0 spiro atoms. The molecule has 0 aliphatic heterocycles. The molecule has 8 aromatic carbocycles. The molecule has 0 bridgehead atoms. The highest BCUT2D eigenvalue weighted by molar-refractivity contribution is 6.27. The summed E-state index contributed by atoms with van der Waals surface area (Å²) in [5.74, 6) is 0. The lowest BCUT2D eigenvalue weighted by atomic mass is 9.88. The Balaban J connectivity index is 0.955. The normalized spacial score (nSPS) is 11.8. The van der Waals surface area contributed by atoms with Crippen LogP contribution in [0.25, 0.3) is 121 Å². The van der Waals surface area contributed by atoms with Crippen molar-refractivity contribution >= 4 is 64.9 Å². The van der Waals surface area contributed by atoms with Gasteiger partial charge in [-0.1, -0.05) is 158 Å². The molecular formula is C54H32N4. The van der Waals surface area contributed by atoms with Gasteiger partial charge in [0.2, 0.25) is 0 Å². The van der Waals surface area contributed by atoms with Crippen molar-refractivity contribution in [3.63, 3.8) is 0 Å². The van der Waals surface area contributed by atoms with Crippen LogP contribution < -0.4 is 0 Å². The number of hydrogen-bond donors (Lipinski definition) is 0. The monoisotopic (exact) mass is 736 g/mol. The van der Waals surface area contributed by atoms with Gasteiger partial charge in [0.1, 0.15) is 0 Å². The molecule has 0 aliphatic rings. The molecule has 0 fully saturated rings. The van der Waals surface area contributed by atoms with E-state index in [2.05, 4.69) is 175 Å². The van der Waals surface area contributed by atoms with Crippen LogP contribution in [0.1, 0.15) is 0 Å². The van der Waals surface area contributed by atoms with E-state index in [9.17, 15) is 0 Å². The molecule has 0 unspecified atom stereocenters. The van der Waals surface area contributed by atoms with Crippen molar-refractivity contribution in [3.05, 3.63) is 195 Å². The molecule has 4 heterocycles. The molecular weight excluding hydrogens is 705 g/mol. The zero-order chi connectivity index (χ0) is 38.2. The summed E-state index contributed by atoms with van der Waals surface area (Å²) in [7, 11) is 0. The number of aromatic nitrogens is 4. The zero-order valence-corrected chi connectivity index (χ0v) is 31.3. The molecule has 12 rings (SSSR count). The van der Waals surface area contributed by atoms with Gasteiger partial charge < -0.3 is 0 Å². The standard InChI is InChI=1S/C54H32N4/c1-2-6-34(7-3-1)48-27-22-41(31-56-48)43-23-16-36-19-26-46-44(24-17-37-18-25-45(43)51(36)52(37)46)50-29-21-39-15-14-38-20-28-49(57-53(38)54(39)58-50)35-12-10-33(11-13-35)47-32-55-30-40-8-4-5-9-42(40)47/h1-32H. The number of nitrogens with zero attached hydrogens (tertiary/aromatic N) is 4. The predicted octanol–water partition coefficient (Wildman–Crippen LogP) is 14.0. The van der Waals surface area contributed by atoms with E-state index in [1.807, 2.05) is 24.7 Å². The van der Waals surface area contributed by atoms with Crippen LogP contribution in [0, 0.1) is 0 Å². The van der Waals surface area contributed by atoms with Crippen molar-refractivity contribution in [1.29, 1.82) is 0 Å². The number of rotatable bonds is 5. The lowest BCUT2D eigenvalue weighted by Crippen LogP contribution is -1.93. The number of benzene rings is 8. The SMILES string of the molecule is c1ccc(-c2ccc(-c3ccc4ccc5c(-c6ccc7ccc8ccc(-c9ccc(-c%10cncc%11ccccc%10%11)cc9)nc8c7n6)ccc6ccc3c4c65)cn2)cc1. The maximum absolute atomic E-state index is 5.39. The van der Waals surface area contributed by atoms with Crippen LogP contribution in [0.15, 0.2) is 195 Å². The van der Waals surface area contributed by atoms with Crippen LogP contribution in [-0.2, 0) is 0 Å². The highest BCUT2D eigenvalue weighted by Gasteiger charge is 2.17. The topological polar surface area (TPSA) is 51.6 Å². The summed E-state index contributed by atoms with van der Waals surface area (Å²) in [4.78, 5) is 20.0. The third-order valence-electron chi connectivity index (χ3n) is 11.8. The number of hydrogen-bond acceptors (Lipinski definition) is 4. The lowest BCUT2D eigenvalue weighted by Gasteiger charge is -2.16. The van der Waals surface area contributed by atoms with Crippen LogP contribution >= 0.6 is 0 Å². The quantitative estimate of drug-likeness (QED) is 0.165. The van der Waals surface area contributed by atoms with Gasteiger partial charge in [0.15, 0.2) is 0 Å². The summed E-state index contributed by atoms with van der Waals surface area (Å²) in [5, 5.41) is 11.8. The molecule has 0 N–H and O–H groups in total. The Bertz CT molecular complexity index is 3530. The summed E-state index contributed by atoms with van der Waals surface area (Å²) in [6.07, 6.45) is 5.87. The highest BCUT2D eigenvalue weighted by atomic mass is 14.8. The molecule has 4 nitrogen and oxygen atoms in total. The van der Waals surface area contributed by atoms with Gasteiger partial charge in [-0.15, -0.1) is 0 Å². The van der Waals surface area contributed by atoms with E-state index in [0.29, 0.717) is 0 Å². The highest BCUT2D eigenvalue weighted by Crippen LogP contribution is 2.42. The molecule has 4 aromatic heterocycles. The Morgan fingerprint density at radius 2 is 0.828 bits per heavy atom. The second-order valence-electron chi connectivity index (χ2n) is 15.0. The summed E-state index contributed by atoms with van der Waals surface area (Å²) in [6.45, 7) is 0. The van der Waals surface area contributed by atoms with Crippen molar-refractivity contribution < 1.29 is 0 Å². The summed E-state index contributed by atoms with van der Waals surface area (Å²) in [5.41, 5.74) is 12.4. The molecule has 268 valence electrons. The van der Waals surface area contributed by atoms with Gasteiger partial charge in [-0.05, 0) is 67.0 Å². The van der Waals surface area contributed by atoms with Crippen molar-refractivity contribution in [1.82, 2.24) is 19.9 Å². The van der Waals surface area contributed by atoms with Gasteiger partial charge in [-0.2, -0.15) is 0 Å². The smallest absolute Gasteiger partial charge is 0.0972 e. The van der Waals surface area contributed by atoms with Crippen molar-refractivity contribution in [2.75, 3.05) is 0 Å². The minimum Gasteiger partial charge on any atom is -0.263 e. The first-order valence-corrected chi connectivity index (χ1v) is 19.6. The van der Waals surface area contributed by atoms with Crippen molar-refractivity contribution in [2.45, 2.75) is 0 Å². The third kappa shape index (κ3) is 5.16. The van der Waals surface area contributed by atoms with Gasteiger partial charge in [0.05, 0.1) is 28.1 Å². The predicted molar refractivity (Wildman–Crippen MR) is 241 cm³/mol. The van der Waals surface area contributed by atoms with Gasteiger partial charge in [-0.3, -0.25) is 9.97 Å². The lowest BCUT2D eigenvalue weighted by molar-refractivity contribution is 1.33. The molecule has 0 atom stereocenters. The first-order chi connectivity index (χ1) is 28.7. The first kappa shape index (κ1) is 32.4. The molecule has 0 amide bonds. The minimum atomic E-state index is 0.897. The maximum atomic E-state index is 5.39. The third-order valence-corrected chi connectivity index (χ3v) is 11.8. The number of fused-ring (bicyclic) bond motifs is 4. The molecule has 58 heavy (non-hydrogen) atoms. The van der Waals surface area contributed by atoms with Crippen LogP contribution in [-0.4, -0.2) is 19.9 Å². The molecule has 0 saturated carbocycles. The Hall–Kier alpha value is -7.82. The van der Waals surface area contributed by atoms with E-state index >= 15 is 0 Å². The van der Waals surface area contributed by atoms with Crippen LogP contribution in [0.3, 0.4) is 0 Å². The fraction of sp³-hybridized carbons (Fsp3) is 0. The molecule has 4 heteroatoms. The van der Waals surface area contributed by atoms with Gasteiger partial charge in [-0.25, -0.2) is 9.97 Å². The van der Waals surface area contributed by atoms with E-state index in [0.717, 1.165) is 77.7 Å². The van der Waals surface area contributed by atoms with Gasteiger partial charge >= 0.3 is 0 Å². The van der Waals surface area contributed by atoms with Crippen molar-refractivity contribution in [3.8, 4) is 56.0 Å². The summed E-state index contributed by atoms with van der Waals surface area (Å²) >= 11 is 0. The first-order valence-electron chi connectivity index (χ1n) is 19.6. The Kier molecular flexibility index (Phi) is 7.20. The zero-order valence-electron chi connectivity index (χ0n) is 31.3. The maximum Gasteiger partial charge on any atom is 0.0972 e. The fourth-order valence-corrected chi connectivity index (χ4v) is 8.85. The Labute approximate surface area is 334 Å². The van der Waals surface area contributed by atoms with E-state index < -0.39 is 0 Å². The van der Waals surface area contributed by atoms with Gasteiger partial charge in [0.25, 0.3) is 0 Å². The summed E-state index contributed by atoms with van der Waals surface area (Å²) < 4.78 is 0. The second-order valence-corrected chi connectivity index (χ2v) is 15.0. The molecule has 0 radical (unpaired) electrons. The second kappa shape index (κ2) is 12.9. The molecule has 12 aromatic rings. The van der Waals surface area contributed by atoms with E-state index in [1.165, 1.54) is 43.3 Å². The molecule has 0 aliphatic carbocycles. The van der Waals surface area contributed by atoms with Gasteiger partial charge in [0, 0.05) is 62.6 Å². The van der Waals surface area contributed by atoms with Crippen LogP contribution in [0.2, 0.25) is 0 Å². The molecule has 0 saturated heterocycles. The number of pyridine rings is 4.